The van der Waals surface area contributed by atoms with Crippen molar-refractivity contribution in [3.63, 3.8) is 0 Å². The molecule has 158 valence electrons. The highest BCUT2D eigenvalue weighted by molar-refractivity contribution is 6.05. The SMILES string of the molecule is C=C(C(=O)OC(C)(C)CC(C)Oc1c2ccccc2cc2ccccc12)C(F)(F)F. The van der Waals surface area contributed by atoms with Crippen LogP contribution >= 0.6 is 0 Å². The fourth-order valence-electron chi connectivity index (χ4n) is 3.50. The molecule has 0 amide bonds. The van der Waals surface area contributed by atoms with Crippen LogP contribution in [0.4, 0.5) is 13.2 Å². The Morgan fingerprint density at radius 1 is 1.00 bits per heavy atom. The molecule has 0 saturated carbocycles. The Balaban J connectivity index is 1.83. The minimum Gasteiger partial charge on any atom is -0.489 e. The quantitative estimate of drug-likeness (QED) is 0.258. The molecular formula is C24H23F3O3. The zero-order valence-corrected chi connectivity index (χ0v) is 17.0. The first-order valence-electron chi connectivity index (χ1n) is 9.54. The number of fused-ring (bicyclic) bond motifs is 2. The number of hydrogen-bond acceptors (Lipinski definition) is 3. The van der Waals surface area contributed by atoms with Gasteiger partial charge in [0.1, 0.15) is 16.9 Å². The monoisotopic (exact) mass is 416 g/mol. The van der Waals surface area contributed by atoms with Gasteiger partial charge in [-0.25, -0.2) is 4.79 Å². The van der Waals surface area contributed by atoms with Crippen LogP contribution in [0.25, 0.3) is 21.5 Å². The Morgan fingerprint density at radius 2 is 1.50 bits per heavy atom. The highest BCUT2D eigenvalue weighted by Gasteiger charge is 2.40. The molecule has 1 atom stereocenters. The van der Waals surface area contributed by atoms with Gasteiger partial charge in [-0.05, 0) is 37.6 Å². The van der Waals surface area contributed by atoms with Crippen LogP contribution in [-0.2, 0) is 9.53 Å². The summed E-state index contributed by atoms with van der Waals surface area (Å²) in [5, 5.41) is 3.91. The van der Waals surface area contributed by atoms with Crippen molar-refractivity contribution in [2.24, 2.45) is 0 Å². The zero-order valence-electron chi connectivity index (χ0n) is 17.0. The summed E-state index contributed by atoms with van der Waals surface area (Å²) in [5.41, 5.74) is -2.70. The third-order valence-electron chi connectivity index (χ3n) is 4.78. The molecule has 30 heavy (non-hydrogen) atoms. The molecule has 0 fully saturated rings. The van der Waals surface area contributed by atoms with Crippen molar-refractivity contribution in [2.45, 2.75) is 45.1 Å². The second-order valence-corrected chi connectivity index (χ2v) is 7.91. The van der Waals surface area contributed by atoms with E-state index in [4.69, 9.17) is 9.47 Å². The van der Waals surface area contributed by atoms with Gasteiger partial charge < -0.3 is 9.47 Å². The predicted octanol–water partition coefficient (Wildman–Crippen LogP) is 6.59. The average molecular weight is 416 g/mol. The summed E-state index contributed by atoms with van der Waals surface area (Å²) in [4.78, 5) is 11.8. The van der Waals surface area contributed by atoms with Crippen LogP contribution < -0.4 is 4.74 Å². The van der Waals surface area contributed by atoms with Gasteiger partial charge in [0, 0.05) is 17.2 Å². The van der Waals surface area contributed by atoms with Crippen LogP contribution in [0.1, 0.15) is 27.2 Å². The Hall–Kier alpha value is -3.02. The lowest BCUT2D eigenvalue weighted by atomic mass is 10.00. The minimum atomic E-state index is -4.82. The number of alkyl halides is 3. The van der Waals surface area contributed by atoms with Gasteiger partial charge in [-0.15, -0.1) is 0 Å². The van der Waals surface area contributed by atoms with Crippen LogP contribution in [0.3, 0.4) is 0 Å². The van der Waals surface area contributed by atoms with E-state index < -0.39 is 29.4 Å². The molecule has 3 aromatic carbocycles. The lowest BCUT2D eigenvalue weighted by Crippen LogP contribution is -2.35. The highest BCUT2D eigenvalue weighted by atomic mass is 19.4. The minimum absolute atomic E-state index is 0.196. The van der Waals surface area contributed by atoms with Crippen molar-refractivity contribution in [1.82, 2.24) is 0 Å². The van der Waals surface area contributed by atoms with Crippen molar-refractivity contribution >= 4 is 27.5 Å². The average Bonchev–Trinajstić information content (AvgIpc) is 2.65. The van der Waals surface area contributed by atoms with E-state index in [1.807, 2.05) is 48.5 Å². The number of esters is 1. The fourth-order valence-corrected chi connectivity index (χ4v) is 3.50. The Morgan fingerprint density at radius 3 is 2.00 bits per heavy atom. The maximum atomic E-state index is 12.7. The zero-order chi connectivity index (χ0) is 22.1. The molecular weight excluding hydrogens is 393 g/mol. The molecule has 0 bridgehead atoms. The van der Waals surface area contributed by atoms with E-state index in [0.717, 1.165) is 21.5 Å². The molecule has 0 spiro atoms. The molecule has 0 saturated heterocycles. The Labute approximate surface area is 173 Å². The number of ether oxygens (including phenoxy) is 2. The molecule has 0 heterocycles. The molecule has 0 aromatic heterocycles. The standard InChI is InChI=1S/C24H23F3O3/c1-15(14-23(3,4)30-22(28)16(2)24(25,26)27)29-21-19-11-7-5-9-17(19)13-18-10-6-8-12-20(18)21/h5-13,15H,2,14H2,1,3-4H3. The largest absolute Gasteiger partial charge is 0.489 e. The first kappa shape index (κ1) is 21.7. The van der Waals surface area contributed by atoms with Gasteiger partial charge in [-0.1, -0.05) is 55.1 Å². The van der Waals surface area contributed by atoms with E-state index in [1.54, 1.807) is 20.8 Å². The summed E-state index contributed by atoms with van der Waals surface area (Å²) in [6.07, 6.45) is -5.06. The van der Waals surface area contributed by atoms with Crippen molar-refractivity contribution in [3.8, 4) is 5.75 Å². The Kier molecular flexibility index (Phi) is 5.79. The summed E-state index contributed by atoms with van der Waals surface area (Å²) in [7, 11) is 0. The molecule has 0 aliphatic rings. The van der Waals surface area contributed by atoms with E-state index in [1.165, 1.54) is 0 Å². The number of benzene rings is 3. The normalized spacial score (nSPS) is 13.3. The summed E-state index contributed by atoms with van der Waals surface area (Å²) in [6.45, 7) is 7.69. The lowest BCUT2D eigenvalue weighted by molar-refractivity contribution is -0.163. The summed E-state index contributed by atoms with van der Waals surface area (Å²) >= 11 is 0. The molecule has 1 unspecified atom stereocenters. The fraction of sp³-hybridized carbons (Fsp3) is 0.292. The molecule has 0 N–H and O–H groups in total. The van der Waals surface area contributed by atoms with Gasteiger partial charge in [-0.2, -0.15) is 13.2 Å². The third-order valence-corrected chi connectivity index (χ3v) is 4.78. The second kappa shape index (κ2) is 8.01. The van der Waals surface area contributed by atoms with Crippen LogP contribution in [0.2, 0.25) is 0 Å². The number of carbonyl (C=O) groups excluding carboxylic acids is 1. The smallest absolute Gasteiger partial charge is 0.422 e. The third kappa shape index (κ3) is 4.75. The molecule has 0 aliphatic heterocycles. The molecule has 6 heteroatoms. The molecule has 3 aromatic rings. The van der Waals surface area contributed by atoms with E-state index >= 15 is 0 Å². The number of carbonyl (C=O) groups is 1. The Bertz CT molecular complexity index is 1050. The number of rotatable bonds is 6. The van der Waals surface area contributed by atoms with Gasteiger partial charge >= 0.3 is 12.1 Å². The molecule has 0 aliphatic carbocycles. The topological polar surface area (TPSA) is 35.5 Å². The van der Waals surface area contributed by atoms with Gasteiger partial charge in [0.25, 0.3) is 0 Å². The molecule has 3 rings (SSSR count). The van der Waals surface area contributed by atoms with Crippen molar-refractivity contribution in [1.29, 1.82) is 0 Å². The van der Waals surface area contributed by atoms with E-state index in [9.17, 15) is 18.0 Å². The van der Waals surface area contributed by atoms with E-state index in [0.29, 0.717) is 5.75 Å². The highest BCUT2D eigenvalue weighted by Crippen LogP contribution is 2.36. The lowest BCUT2D eigenvalue weighted by Gasteiger charge is -2.29. The summed E-state index contributed by atoms with van der Waals surface area (Å²) in [6, 6.07) is 17.7. The summed E-state index contributed by atoms with van der Waals surface area (Å²) < 4.78 is 49.4. The van der Waals surface area contributed by atoms with Gasteiger partial charge in [-0.3, -0.25) is 0 Å². The number of halogens is 3. The van der Waals surface area contributed by atoms with Crippen LogP contribution in [0.5, 0.6) is 5.75 Å². The van der Waals surface area contributed by atoms with Crippen LogP contribution in [0.15, 0.2) is 66.7 Å². The second-order valence-electron chi connectivity index (χ2n) is 7.91. The maximum absolute atomic E-state index is 12.7. The first-order valence-corrected chi connectivity index (χ1v) is 9.54. The molecule has 0 radical (unpaired) electrons. The maximum Gasteiger partial charge on any atom is 0.422 e. The van der Waals surface area contributed by atoms with Crippen LogP contribution in [0, 0.1) is 0 Å². The first-order chi connectivity index (χ1) is 14.0. The number of hydrogen-bond donors (Lipinski definition) is 0. The predicted molar refractivity (Wildman–Crippen MR) is 112 cm³/mol. The van der Waals surface area contributed by atoms with E-state index in [2.05, 4.69) is 12.6 Å². The van der Waals surface area contributed by atoms with Gasteiger partial charge in [0.2, 0.25) is 0 Å². The van der Waals surface area contributed by atoms with E-state index in [-0.39, 0.29) is 6.42 Å². The van der Waals surface area contributed by atoms with Crippen molar-refractivity contribution in [3.05, 3.63) is 66.7 Å². The van der Waals surface area contributed by atoms with Crippen molar-refractivity contribution < 1.29 is 27.4 Å². The van der Waals surface area contributed by atoms with Crippen LogP contribution in [-0.4, -0.2) is 23.9 Å². The molecule has 3 nitrogen and oxygen atoms in total. The van der Waals surface area contributed by atoms with Gasteiger partial charge in [0.05, 0.1) is 6.10 Å². The van der Waals surface area contributed by atoms with Crippen molar-refractivity contribution in [2.75, 3.05) is 0 Å². The van der Waals surface area contributed by atoms with Gasteiger partial charge in [0.15, 0.2) is 0 Å². The summed E-state index contributed by atoms with van der Waals surface area (Å²) in [5.74, 6) is -0.784.